The van der Waals surface area contributed by atoms with Crippen molar-refractivity contribution in [2.24, 2.45) is 11.3 Å². The molecule has 26 heavy (non-hydrogen) atoms. The molecule has 0 bridgehead atoms. The number of piperazine rings is 1. The second-order valence-electron chi connectivity index (χ2n) is 9.15. The summed E-state index contributed by atoms with van der Waals surface area (Å²) in [5.41, 5.74) is 1.76. The van der Waals surface area contributed by atoms with Crippen molar-refractivity contribution in [2.75, 3.05) is 44.2 Å². The lowest BCUT2D eigenvalue weighted by Gasteiger charge is -2.39. The molecule has 146 valence electrons. The van der Waals surface area contributed by atoms with Crippen LogP contribution < -0.4 is 4.90 Å². The van der Waals surface area contributed by atoms with Gasteiger partial charge < -0.3 is 9.64 Å². The maximum absolute atomic E-state index is 6.27. The zero-order valence-corrected chi connectivity index (χ0v) is 17.6. The molecule has 0 unspecified atom stereocenters. The number of para-hydroxylation sites is 1. The molecule has 4 heteroatoms. The Kier molecular flexibility index (Phi) is 6.92. The third kappa shape index (κ3) is 5.90. The molecule has 2 aliphatic rings. The lowest BCUT2D eigenvalue weighted by atomic mass is 9.71. The van der Waals surface area contributed by atoms with Gasteiger partial charge in [0.05, 0.1) is 12.7 Å². The largest absolute Gasteiger partial charge is 0.377 e. The quantitative estimate of drug-likeness (QED) is 0.744. The number of nitrogens with zero attached hydrogens (tertiary/aromatic N) is 2. The van der Waals surface area contributed by atoms with Gasteiger partial charge in [0.2, 0.25) is 0 Å². The van der Waals surface area contributed by atoms with Crippen molar-refractivity contribution >= 4 is 18.3 Å². The topological polar surface area (TPSA) is 15.7 Å². The molecule has 0 N–H and O–H groups in total. The first kappa shape index (κ1) is 20.0. The van der Waals surface area contributed by atoms with Crippen LogP contribution in [0.5, 0.6) is 0 Å². The van der Waals surface area contributed by atoms with E-state index in [0.717, 1.165) is 45.2 Å². The molecule has 1 saturated carbocycles. The third-order valence-electron chi connectivity index (χ3n) is 5.83. The van der Waals surface area contributed by atoms with Crippen LogP contribution in [0.2, 0.25) is 0 Å². The summed E-state index contributed by atoms with van der Waals surface area (Å²) < 4.78 is 6.27. The highest BCUT2D eigenvalue weighted by atomic mass is 32.1. The molecular formula is C22H36N2OS. The Hall–Kier alpha value is -0.710. The number of benzene rings is 1. The summed E-state index contributed by atoms with van der Waals surface area (Å²) in [6, 6.07) is 10.7. The van der Waals surface area contributed by atoms with E-state index in [-0.39, 0.29) is 0 Å². The van der Waals surface area contributed by atoms with E-state index in [1.54, 1.807) is 0 Å². The monoisotopic (exact) mass is 376 g/mol. The van der Waals surface area contributed by atoms with E-state index in [4.69, 9.17) is 17.4 Å². The Balaban J connectivity index is 1.37. The zero-order valence-electron chi connectivity index (χ0n) is 16.7. The van der Waals surface area contributed by atoms with E-state index in [1.807, 2.05) is 0 Å². The Morgan fingerprint density at radius 1 is 1.12 bits per heavy atom. The first-order valence-corrected chi connectivity index (χ1v) is 10.7. The van der Waals surface area contributed by atoms with Crippen molar-refractivity contribution in [2.45, 2.75) is 51.4 Å². The molecule has 1 aliphatic heterocycles. The Labute approximate surface area is 165 Å². The maximum Gasteiger partial charge on any atom is 0.0598 e. The van der Waals surface area contributed by atoms with Crippen LogP contribution in [-0.4, -0.2) is 55.6 Å². The van der Waals surface area contributed by atoms with Crippen LogP contribution in [0.25, 0.3) is 0 Å². The van der Waals surface area contributed by atoms with E-state index in [1.165, 1.54) is 24.9 Å². The molecule has 1 saturated heterocycles. The average Bonchev–Trinajstić information content (AvgIpc) is 2.60. The van der Waals surface area contributed by atoms with Gasteiger partial charge in [-0.15, -0.1) is 0 Å². The van der Waals surface area contributed by atoms with E-state index < -0.39 is 0 Å². The second kappa shape index (κ2) is 8.99. The number of hydrogen-bond acceptors (Lipinski definition) is 4. The fraction of sp³-hybridized carbons (Fsp3) is 0.727. The van der Waals surface area contributed by atoms with Crippen molar-refractivity contribution < 1.29 is 4.74 Å². The van der Waals surface area contributed by atoms with E-state index >= 15 is 0 Å². The fourth-order valence-corrected chi connectivity index (χ4v) is 5.13. The molecule has 3 atom stereocenters. The minimum atomic E-state index is 0.304. The molecule has 1 aromatic rings. The summed E-state index contributed by atoms with van der Waals surface area (Å²) in [6.07, 6.45) is 4.13. The standard InChI is InChI=1S/C22H36N2OS/c1-18-13-20(15-22(2,3)14-18)25-17-21(26)16-23-9-11-24(12-10-23)19-7-5-4-6-8-19/h4-8,18,20-21,26H,9-17H2,1-3H3/t18-,20-,21-/m1/s1. The molecule has 0 amide bonds. The number of rotatable bonds is 6. The van der Waals surface area contributed by atoms with Gasteiger partial charge in [0.15, 0.2) is 0 Å². The van der Waals surface area contributed by atoms with Crippen LogP contribution in [0.15, 0.2) is 30.3 Å². The Morgan fingerprint density at radius 3 is 2.46 bits per heavy atom. The van der Waals surface area contributed by atoms with Crippen molar-refractivity contribution in [3.8, 4) is 0 Å². The van der Waals surface area contributed by atoms with E-state index in [2.05, 4.69) is 60.9 Å². The minimum absolute atomic E-state index is 0.304. The van der Waals surface area contributed by atoms with Gasteiger partial charge in [-0.05, 0) is 42.7 Å². The molecule has 0 aromatic heterocycles. The molecule has 1 aromatic carbocycles. The highest BCUT2D eigenvalue weighted by Crippen LogP contribution is 2.39. The fourth-order valence-electron chi connectivity index (χ4n) is 4.81. The molecule has 0 radical (unpaired) electrons. The summed E-state index contributed by atoms with van der Waals surface area (Å²) in [4.78, 5) is 5.01. The Morgan fingerprint density at radius 2 is 1.81 bits per heavy atom. The second-order valence-corrected chi connectivity index (χ2v) is 9.88. The number of anilines is 1. The van der Waals surface area contributed by atoms with Gasteiger partial charge in [-0.1, -0.05) is 39.0 Å². The van der Waals surface area contributed by atoms with E-state index in [9.17, 15) is 0 Å². The van der Waals surface area contributed by atoms with Gasteiger partial charge >= 0.3 is 0 Å². The molecule has 3 nitrogen and oxygen atoms in total. The van der Waals surface area contributed by atoms with Crippen LogP contribution in [0.4, 0.5) is 5.69 Å². The predicted molar refractivity (Wildman–Crippen MR) is 114 cm³/mol. The number of ether oxygens (including phenoxy) is 1. The van der Waals surface area contributed by atoms with Gasteiger partial charge in [-0.25, -0.2) is 0 Å². The maximum atomic E-state index is 6.27. The van der Waals surface area contributed by atoms with Crippen molar-refractivity contribution in [3.05, 3.63) is 30.3 Å². The Bertz CT molecular complexity index is 542. The number of thiol groups is 1. The summed E-state index contributed by atoms with van der Waals surface area (Å²) in [5, 5.41) is 0.304. The molecule has 0 spiro atoms. The normalized spacial score (nSPS) is 28.1. The van der Waals surface area contributed by atoms with Crippen molar-refractivity contribution in [1.29, 1.82) is 0 Å². The van der Waals surface area contributed by atoms with Gasteiger partial charge in [0, 0.05) is 43.7 Å². The SMILES string of the molecule is C[C@@H]1C[C@@H](OC[C@H](S)CN2CCN(c3ccccc3)CC2)CC(C)(C)C1. The highest BCUT2D eigenvalue weighted by Gasteiger charge is 2.32. The summed E-state index contributed by atoms with van der Waals surface area (Å²) in [6.45, 7) is 13.3. The molecule has 1 heterocycles. The van der Waals surface area contributed by atoms with Gasteiger partial charge in [0.25, 0.3) is 0 Å². The lowest BCUT2D eigenvalue weighted by molar-refractivity contribution is -0.0237. The average molecular weight is 377 g/mol. The highest BCUT2D eigenvalue weighted by molar-refractivity contribution is 7.81. The third-order valence-corrected chi connectivity index (χ3v) is 6.15. The summed E-state index contributed by atoms with van der Waals surface area (Å²) in [7, 11) is 0. The van der Waals surface area contributed by atoms with Crippen LogP contribution in [0, 0.1) is 11.3 Å². The van der Waals surface area contributed by atoms with E-state index in [0.29, 0.717) is 16.8 Å². The van der Waals surface area contributed by atoms with Crippen molar-refractivity contribution in [3.63, 3.8) is 0 Å². The van der Waals surface area contributed by atoms with Crippen LogP contribution in [-0.2, 0) is 4.74 Å². The van der Waals surface area contributed by atoms with Crippen LogP contribution >= 0.6 is 12.6 Å². The van der Waals surface area contributed by atoms with Crippen LogP contribution in [0.1, 0.15) is 40.0 Å². The summed E-state index contributed by atoms with van der Waals surface area (Å²) in [5.74, 6) is 0.771. The molecule has 2 fully saturated rings. The lowest BCUT2D eigenvalue weighted by Crippen LogP contribution is -2.48. The van der Waals surface area contributed by atoms with Crippen molar-refractivity contribution in [1.82, 2.24) is 4.90 Å². The first-order valence-electron chi connectivity index (χ1n) is 10.2. The smallest absolute Gasteiger partial charge is 0.0598 e. The summed E-state index contributed by atoms with van der Waals surface area (Å²) >= 11 is 4.82. The first-order chi connectivity index (χ1) is 12.4. The zero-order chi connectivity index (χ0) is 18.6. The molecule has 1 aliphatic carbocycles. The predicted octanol–water partition coefficient (Wildman–Crippen LogP) is 4.34. The minimum Gasteiger partial charge on any atom is -0.377 e. The van der Waals surface area contributed by atoms with Gasteiger partial charge in [-0.2, -0.15) is 12.6 Å². The van der Waals surface area contributed by atoms with Gasteiger partial charge in [-0.3, -0.25) is 4.90 Å². The van der Waals surface area contributed by atoms with Gasteiger partial charge in [0.1, 0.15) is 0 Å². The molecular weight excluding hydrogens is 340 g/mol. The number of hydrogen-bond donors (Lipinski definition) is 1. The molecule has 3 rings (SSSR count). The van der Waals surface area contributed by atoms with Crippen LogP contribution in [0.3, 0.4) is 0 Å².